The molecule has 4 nitrogen and oxygen atoms in total. The van der Waals surface area contributed by atoms with E-state index in [0.29, 0.717) is 5.41 Å². The molecule has 1 atom stereocenters. The van der Waals surface area contributed by atoms with Crippen LogP contribution in [-0.2, 0) is 0 Å². The van der Waals surface area contributed by atoms with Gasteiger partial charge >= 0.3 is 0 Å². The molecule has 1 aromatic heterocycles. The highest BCUT2D eigenvalue weighted by molar-refractivity contribution is 4.98. The third kappa shape index (κ3) is 3.79. The average Bonchev–Trinajstić information content (AvgIpc) is 2.14. The first kappa shape index (κ1) is 11.0. The van der Waals surface area contributed by atoms with Gasteiger partial charge in [0.1, 0.15) is 6.33 Å². The van der Waals surface area contributed by atoms with E-state index in [1.165, 1.54) is 6.33 Å². The minimum Gasteiger partial charge on any atom is -0.323 e. The maximum atomic E-state index is 5.97. The summed E-state index contributed by atoms with van der Waals surface area (Å²) in [6, 6.07) is -0.0234. The predicted octanol–water partition coefficient (Wildman–Crippen LogP) is 1.70. The van der Waals surface area contributed by atoms with Crippen LogP contribution in [0.4, 0.5) is 0 Å². The molecule has 0 saturated carbocycles. The van der Waals surface area contributed by atoms with Crippen molar-refractivity contribution in [3.05, 3.63) is 18.2 Å². The first-order chi connectivity index (χ1) is 6.49. The Bertz CT molecular complexity index is 265. The Morgan fingerprint density at radius 2 is 2.07 bits per heavy atom. The molecule has 0 aliphatic heterocycles. The summed E-state index contributed by atoms with van der Waals surface area (Å²) >= 11 is 0. The van der Waals surface area contributed by atoms with Crippen LogP contribution >= 0.6 is 0 Å². The molecular weight excluding hydrogens is 176 g/mol. The van der Waals surface area contributed by atoms with E-state index in [1.807, 2.05) is 0 Å². The Kier molecular flexibility index (Phi) is 3.52. The van der Waals surface area contributed by atoms with E-state index in [2.05, 4.69) is 36.0 Å². The lowest BCUT2D eigenvalue weighted by atomic mass is 9.88. The maximum absolute atomic E-state index is 5.97. The van der Waals surface area contributed by atoms with E-state index in [4.69, 9.17) is 5.73 Å². The monoisotopic (exact) mass is 194 g/mol. The molecule has 0 bridgehead atoms. The predicted molar refractivity (Wildman–Crippen MR) is 55.4 cm³/mol. The lowest BCUT2D eigenvalue weighted by molar-refractivity contribution is 0.348. The normalized spacial score (nSPS) is 14.0. The summed E-state index contributed by atoms with van der Waals surface area (Å²) in [6.07, 6.45) is 5.08. The van der Waals surface area contributed by atoms with Crippen molar-refractivity contribution in [1.82, 2.24) is 15.2 Å². The summed E-state index contributed by atoms with van der Waals surface area (Å²) in [5.41, 5.74) is 7.11. The second kappa shape index (κ2) is 4.46. The molecule has 0 saturated heterocycles. The van der Waals surface area contributed by atoms with Crippen molar-refractivity contribution in [1.29, 1.82) is 0 Å². The van der Waals surface area contributed by atoms with E-state index in [-0.39, 0.29) is 6.04 Å². The minimum atomic E-state index is -0.0234. The summed E-state index contributed by atoms with van der Waals surface area (Å²) in [6.45, 7) is 6.62. The summed E-state index contributed by atoms with van der Waals surface area (Å²) in [5.74, 6) is 0. The van der Waals surface area contributed by atoms with Crippen molar-refractivity contribution >= 4 is 0 Å². The number of nitrogens with zero attached hydrogens (tertiary/aromatic N) is 3. The molecule has 0 aromatic carbocycles. The topological polar surface area (TPSA) is 64.7 Å². The van der Waals surface area contributed by atoms with Crippen LogP contribution in [0, 0.1) is 5.41 Å². The van der Waals surface area contributed by atoms with Crippen LogP contribution in [0.1, 0.15) is 45.3 Å². The molecule has 0 amide bonds. The number of hydrogen-bond acceptors (Lipinski definition) is 4. The molecular formula is C10H18N4. The fraction of sp³-hybridized carbons (Fsp3) is 0.700. The van der Waals surface area contributed by atoms with Crippen molar-refractivity contribution in [3.63, 3.8) is 0 Å². The number of hydrogen-bond donors (Lipinski definition) is 1. The smallest absolute Gasteiger partial charge is 0.138 e. The second-order valence-corrected chi connectivity index (χ2v) is 4.74. The maximum Gasteiger partial charge on any atom is 0.138 e. The largest absolute Gasteiger partial charge is 0.323 e. The highest BCUT2D eigenvalue weighted by Gasteiger charge is 2.14. The first-order valence-corrected chi connectivity index (χ1v) is 4.87. The molecule has 4 heteroatoms. The number of nitrogens with two attached hydrogens (primary N) is 1. The molecule has 0 fully saturated rings. The Labute approximate surface area is 85.0 Å². The molecule has 1 aromatic rings. The van der Waals surface area contributed by atoms with Gasteiger partial charge in [-0.3, -0.25) is 0 Å². The summed E-state index contributed by atoms with van der Waals surface area (Å²) in [7, 11) is 0. The molecule has 14 heavy (non-hydrogen) atoms. The zero-order valence-corrected chi connectivity index (χ0v) is 9.07. The molecule has 0 aliphatic carbocycles. The Hall–Kier alpha value is -1.03. The average molecular weight is 194 g/mol. The van der Waals surface area contributed by atoms with Crippen molar-refractivity contribution in [3.8, 4) is 0 Å². The van der Waals surface area contributed by atoms with Gasteiger partial charge in [0, 0.05) is 6.04 Å². The van der Waals surface area contributed by atoms with Gasteiger partial charge in [-0.1, -0.05) is 20.8 Å². The van der Waals surface area contributed by atoms with Gasteiger partial charge in [-0.2, -0.15) is 5.10 Å². The summed E-state index contributed by atoms with van der Waals surface area (Å²) in [4.78, 5) is 4.08. The van der Waals surface area contributed by atoms with Gasteiger partial charge in [-0.15, -0.1) is 5.10 Å². The van der Waals surface area contributed by atoms with Crippen LogP contribution in [0.2, 0.25) is 0 Å². The van der Waals surface area contributed by atoms with Crippen molar-refractivity contribution in [2.45, 2.75) is 39.7 Å². The van der Waals surface area contributed by atoms with Crippen LogP contribution in [0.25, 0.3) is 0 Å². The fourth-order valence-corrected chi connectivity index (χ4v) is 1.18. The first-order valence-electron chi connectivity index (χ1n) is 4.87. The van der Waals surface area contributed by atoms with Gasteiger partial charge < -0.3 is 5.73 Å². The standard InChI is InChI=1S/C10H18N4/c1-10(2,3)5-4-8(11)9-6-13-14-7-12-9/h6-8H,4-5,11H2,1-3H3. The van der Waals surface area contributed by atoms with Crippen molar-refractivity contribution in [2.75, 3.05) is 0 Å². The molecule has 0 spiro atoms. The second-order valence-electron chi connectivity index (χ2n) is 4.74. The molecule has 1 rings (SSSR count). The summed E-state index contributed by atoms with van der Waals surface area (Å²) < 4.78 is 0. The third-order valence-corrected chi connectivity index (χ3v) is 2.10. The van der Waals surface area contributed by atoms with Crippen molar-refractivity contribution < 1.29 is 0 Å². The van der Waals surface area contributed by atoms with Gasteiger partial charge in [-0.25, -0.2) is 4.98 Å². The van der Waals surface area contributed by atoms with E-state index in [0.717, 1.165) is 18.5 Å². The Balaban J connectivity index is 2.48. The van der Waals surface area contributed by atoms with Crippen LogP contribution < -0.4 is 5.73 Å². The number of aromatic nitrogens is 3. The van der Waals surface area contributed by atoms with Gasteiger partial charge in [0.2, 0.25) is 0 Å². The molecule has 2 N–H and O–H groups in total. The van der Waals surface area contributed by atoms with E-state index < -0.39 is 0 Å². The van der Waals surface area contributed by atoms with Gasteiger partial charge in [0.15, 0.2) is 0 Å². The molecule has 1 heterocycles. The zero-order chi connectivity index (χ0) is 10.6. The van der Waals surface area contributed by atoms with Crippen LogP contribution in [0.3, 0.4) is 0 Å². The third-order valence-electron chi connectivity index (χ3n) is 2.10. The lowest BCUT2D eigenvalue weighted by Crippen LogP contribution is -2.16. The van der Waals surface area contributed by atoms with Crippen molar-refractivity contribution in [2.24, 2.45) is 11.1 Å². The van der Waals surface area contributed by atoms with E-state index in [9.17, 15) is 0 Å². The van der Waals surface area contributed by atoms with Crippen LogP contribution in [-0.4, -0.2) is 15.2 Å². The van der Waals surface area contributed by atoms with Gasteiger partial charge in [0.05, 0.1) is 11.9 Å². The Morgan fingerprint density at radius 1 is 1.36 bits per heavy atom. The van der Waals surface area contributed by atoms with Gasteiger partial charge in [-0.05, 0) is 18.3 Å². The fourth-order valence-electron chi connectivity index (χ4n) is 1.18. The van der Waals surface area contributed by atoms with Gasteiger partial charge in [0.25, 0.3) is 0 Å². The highest BCUT2D eigenvalue weighted by atomic mass is 15.1. The molecule has 0 aliphatic rings. The minimum absolute atomic E-state index is 0.0234. The number of rotatable bonds is 3. The van der Waals surface area contributed by atoms with E-state index >= 15 is 0 Å². The van der Waals surface area contributed by atoms with E-state index in [1.54, 1.807) is 6.20 Å². The SMILES string of the molecule is CC(C)(C)CCC(N)c1cnncn1. The molecule has 1 unspecified atom stereocenters. The summed E-state index contributed by atoms with van der Waals surface area (Å²) in [5, 5.41) is 7.38. The molecule has 78 valence electrons. The van der Waals surface area contributed by atoms with Crippen LogP contribution in [0.15, 0.2) is 12.5 Å². The highest BCUT2D eigenvalue weighted by Crippen LogP contribution is 2.24. The van der Waals surface area contributed by atoms with Crippen LogP contribution in [0.5, 0.6) is 0 Å². The lowest BCUT2D eigenvalue weighted by Gasteiger charge is -2.20. The quantitative estimate of drug-likeness (QED) is 0.795. The molecule has 0 radical (unpaired) electrons. The zero-order valence-electron chi connectivity index (χ0n) is 9.07. The Morgan fingerprint density at radius 3 is 2.57 bits per heavy atom.